The summed E-state index contributed by atoms with van der Waals surface area (Å²) in [5, 5.41) is 28.6. The minimum atomic E-state index is -1.79. The van der Waals surface area contributed by atoms with E-state index in [2.05, 4.69) is 20.4 Å². The number of hydrogen-bond acceptors (Lipinski definition) is 16. The van der Waals surface area contributed by atoms with Gasteiger partial charge in [-0.2, -0.15) is 0 Å². The molecule has 10 N–H and O–H groups in total. The molecule has 224 valence electrons. The maximum atomic E-state index is 13.2. The van der Waals surface area contributed by atoms with E-state index in [-0.39, 0.29) is 44.8 Å². The Bertz CT molecular complexity index is 1560. The second-order valence-electron chi connectivity index (χ2n) is 9.47. The SMILES string of the molecule is Cc1c(N)nc(SCC2=C(C(=O)[O-])N3C(=O)C(NC(=O)/C(=N\OC(C)(C)C(=O)O)c4csc(N)n4)[C@H]3SC2)[n+](N)c1N. The summed E-state index contributed by atoms with van der Waals surface area (Å²) in [5.41, 5.74) is 15.8. The van der Waals surface area contributed by atoms with E-state index in [4.69, 9.17) is 27.9 Å². The number of amides is 2. The summed E-state index contributed by atoms with van der Waals surface area (Å²) in [4.78, 5) is 64.2. The second-order valence-corrected chi connectivity index (χ2v) is 12.4. The van der Waals surface area contributed by atoms with Gasteiger partial charge in [-0.05, 0) is 38.1 Å². The van der Waals surface area contributed by atoms with Crippen molar-refractivity contribution >= 4 is 81.1 Å². The number of nitrogens with two attached hydrogens (primary N) is 4. The number of anilines is 3. The lowest BCUT2D eigenvalue weighted by atomic mass is 10.0. The van der Waals surface area contributed by atoms with Crippen LogP contribution in [0.4, 0.5) is 16.8 Å². The number of nitrogens with one attached hydrogen (secondary N) is 1. The van der Waals surface area contributed by atoms with Crippen LogP contribution in [0.3, 0.4) is 0 Å². The molecule has 17 nitrogen and oxygen atoms in total. The first kappa shape index (κ1) is 30.7. The Kier molecular flexibility index (Phi) is 8.41. The van der Waals surface area contributed by atoms with Gasteiger partial charge in [0.25, 0.3) is 11.8 Å². The summed E-state index contributed by atoms with van der Waals surface area (Å²) in [7, 11) is 0. The maximum Gasteiger partial charge on any atom is 0.350 e. The fraction of sp³-hybridized carbons (Fsp3) is 0.364. The van der Waals surface area contributed by atoms with Crippen LogP contribution in [0.15, 0.2) is 27.0 Å². The average molecular weight is 639 g/mol. The molecule has 1 unspecified atom stereocenters. The van der Waals surface area contributed by atoms with Crippen LogP contribution in [-0.4, -0.2) is 78.0 Å². The molecule has 2 atom stereocenters. The molecular formula is C22H26N10O7S3. The molecule has 2 aliphatic rings. The molecule has 2 amide bonds. The normalized spacial score (nSPS) is 18.8. The number of thioether (sulfide) groups is 2. The highest BCUT2D eigenvalue weighted by Gasteiger charge is 2.53. The zero-order valence-corrected chi connectivity index (χ0v) is 24.8. The van der Waals surface area contributed by atoms with Crippen LogP contribution in [0.25, 0.3) is 0 Å². The molecule has 0 saturated carbocycles. The number of aliphatic carboxylic acids is 2. The third kappa shape index (κ3) is 5.72. The smallest absolute Gasteiger partial charge is 0.350 e. The van der Waals surface area contributed by atoms with E-state index >= 15 is 0 Å². The van der Waals surface area contributed by atoms with E-state index in [1.54, 1.807) is 6.92 Å². The monoisotopic (exact) mass is 638 g/mol. The first-order chi connectivity index (χ1) is 19.6. The lowest BCUT2D eigenvalue weighted by molar-refractivity contribution is -0.667. The third-order valence-corrected chi connectivity index (χ3v) is 9.27. The molecule has 4 rings (SSSR count). The van der Waals surface area contributed by atoms with Crippen LogP contribution in [0.1, 0.15) is 25.1 Å². The predicted octanol–water partition coefficient (Wildman–Crippen LogP) is -2.63. The van der Waals surface area contributed by atoms with Crippen molar-refractivity contribution in [2.24, 2.45) is 5.16 Å². The number of thiazole rings is 1. The molecule has 1 saturated heterocycles. The number of hydrogen-bond donors (Lipinski definition) is 6. The number of nitrogen functional groups attached to an aromatic ring is 4. The number of β-lactam (4-membered cyclic amide) rings is 1. The Balaban J connectivity index is 1.54. The topological polar surface area (TPSA) is 282 Å². The zero-order valence-electron chi connectivity index (χ0n) is 22.3. The van der Waals surface area contributed by atoms with E-state index in [9.17, 15) is 29.4 Å². The Hall–Kier alpha value is -4.30. The first-order valence-electron chi connectivity index (χ1n) is 11.9. The van der Waals surface area contributed by atoms with Crippen molar-refractivity contribution in [1.29, 1.82) is 0 Å². The molecule has 1 fully saturated rings. The fourth-order valence-corrected chi connectivity index (χ4v) is 6.67. The van der Waals surface area contributed by atoms with Crippen molar-refractivity contribution in [3.63, 3.8) is 0 Å². The molecule has 0 spiro atoms. The number of carboxylic acids is 2. The first-order valence-corrected chi connectivity index (χ1v) is 14.8. The van der Waals surface area contributed by atoms with E-state index < -0.39 is 46.5 Å². The van der Waals surface area contributed by atoms with Crippen LogP contribution in [-0.2, 0) is 24.0 Å². The minimum absolute atomic E-state index is 0.00567. The van der Waals surface area contributed by atoms with Gasteiger partial charge in [0.15, 0.2) is 10.8 Å². The predicted molar refractivity (Wildman–Crippen MR) is 152 cm³/mol. The maximum absolute atomic E-state index is 13.2. The average Bonchev–Trinajstić information content (AvgIpc) is 3.36. The van der Waals surface area contributed by atoms with Gasteiger partial charge in [-0.3, -0.25) is 20.3 Å². The summed E-state index contributed by atoms with van der Waals surface area (Å²) in [5.74, 6) is 2.06. The van der Waals surface area contributed by atoms with Crippen molar-refractivity contribution in [1.82, 2.24) is 20.2 Å². The number of rotatable bonds is 10. The van der Waals surface area contributed by atoms with Gasteiger partial charge < -0.3 is 42.4 Å². The highest BCUT2D eigenvalue weighted by atomic mass is 32.2. The highest BCUT2D eigenvalue weighted by Crippen LogP contribution is 2.41. The van der Waals surface area contributed by atoms with Crippen molar-refractivity contribution in [3.8, 4) is 0 Å². The van der Waals surface area contributed by atoms with Crippen LogP contribution < -0.4 is 38.1 Å². The quantitative estimate of drug-likeness (QED) is 0.0295. The summed E-state index contributed by atoms with van der Waals surface area (Å²) in [6, 6.07) is -1.13. The van der Waals surface area contributed by atoms with E-state index in [1.165, 1.54) is 31.0 Å². The van der Waals surface area contributed by atoms with Crippen molar-refractivity contribution in [2.45, 2.75) is 42.9 Å². The molecule has 0 bridgehead atoms. The standard InChI is InChI=1S/C22H26N10O7S3/c1-7-13(23)29-21(32(26)14(7)24)42-5-8-4-40-17-11(16(34)31(17)12(8)18(35)36)28-15(33)10(9-6-41-20(25)27-9)30-39-22(2,3)19(37)38/h6,11,17H,4-5,26H2,1-3H3,(H8,23,24,25,27,28,33,35,36,37,38)/b30-10-/t11?,17-/m1/s1. The van der Waals surface area contributed by atoms with E-state index in [1.807, 2.05) is 0 Å². The van der Waals surface area contributed by atoms with Gasteiger partial charge in [-0.15, -0.1) is 27.8 Å². The molecule has 2 aromatic heterocycles. The zero-order chi connectivity index (χ0) is 31.1. The number of fused-ring (bicyclic) bond motifs is 1. The number of aromatic nitrogens is 3. The molecule has 2 aromatic rings. The molecule has 0 aromatic carbocycles. The molecule has 0 aliphatic carbocycles. The summed E-state index contributed by atoms with van der Waals surface area (Å²) >= 11 is 3.29. The molecule has 2 aliphatic heterocycles. The van der Waals surface area contributed by atoms with Gasteiger partial charge in [0.05, 0.1) is 17.2 Å². The number of carbonyl (C=O) groups is 4. The lowest BCUT2D eigenvalue weighted by Crippen LogP contribution is -2.71. The van der Waals surface area contributed by atoms with Crippen LogP contribution in [0.5, 0.6) is 0 Å². The minimum Gasteiger partial charge on any atom is -0.543 e. The fourth-order valence-electron chi connectivity index (χ4n) is 3.70. The van der Waals surface area contributed by atoms with Gasteiger partial charge in [0, 0.05) is 16.9 Å². The number of carboxylic acid groups (broad SMARTS) is 2. The Morgan fingerprint density at radius 2 is 2.02 bits per heavy atom. The molecule has 20 heteroatoms. The Morgan fingerprint density at radius 1 is 1.33 bits per heavy atom. The van der Waals surface area contributed by atoms with Gasteiger partial charge in [-0.1, -0.05) is 10.1 Å². The molecular weight excluding hydrogens is 613 g/mol. The van der Waals surface area contributed by atoms with Crippen molar-refractivity contribution in [2.75, 3.05) is 34.5 Å². The Labute approximate surface area is 250 Å². The van der Waals surface area contributed by atoms with Gasteiger partial charge >= 0.3 is 11.1 Å². The van der Waals surface area contributed by atoms with Gasteiger partial charge in [0.2, 0.25) is 17.2 Å². The highest BCUT2D eigenvalue weighted by molar-refractivity contribution is 8.01. The van der Waals surface area contributed by atoms with E-state index in [0.29, 0.717) is 11.1 Å². The van der Waals surface area contributed by atoms with Gasteiger partial charge in [-0.25, -0.2) is 9.78 Å². The van der Waals surface area contributed by atoms with Crippen LogP contribution in [0.2, 0.25) is 0 Å². The number of oxime groups is 1. The van der Waals surface area contributed by atoms with Crippen molar-refractivity contribution < 1.29 is 38.9 Å². The molecule has 0 radical (unpaired) electrons. The number of nitrogens with zero attached hydrogens (tertiary/aromatic N) is 5. The van der Waals surface area contributed by atoms with E-state index in [0.717, 1.165) is 32.7 Å². The van der Waals surface area contributed by atoms with Crippen LogP contribution >= 0.6 is 34.9 Å². The summed E-state index contributed by atoms with van der Waals surface area (Å²) < 4.78 is 1.13. The second kappa shape index (κ2) is 11.5. The van der Waals surface area contributed by atoms with Crippen molar-refractivity contribution in [3.05, 3.63) is 27.9 Å². The van der Waals surface area contributed by atoms with Crippen LogP contribution in [0, 0.1) is 6.92 Å². The third-order valence-electron chi connectivity index (χ3n) is 6.21. The molecule has 42 heavy (non-hydrogen) atoms. The Morgan fingerprint density at radius 3 is 2.62 bits per heavy atom. The summed E-state index contributed by atoms with van der Waals surface area (Å²) in [6.45, 7) is 4.11. The van der Waals surface area contributed by atoms with Gasteiger partial charge in [0.1, 0.15) is 17.1 Å². The number of carbonyl (C=O) groups excluding carboxylic acids is 3. The largest absolute Gasteiger partial charge is 0.543 e. The molecule has 4 heterocycles. The lowest BCUT2D eigenvalue weighted by Gasteiger charge is -2.50. The summed E-state index contributed by atoms with van der Waals surface area (Å²) in [6.07, 6.45) is 0.